The van der Waals surface area contributed by atoms with E-state index in [4.69, 9.17) is 27.3 Å². The summed E-state index contributed by atoms with van der Waals surface area (Å²) >= 11 is 6.05. The number of nitrogens with zero attached hydrogens (tertiary/aromatic N) is 1. The van der Waals surface area contributed by atoms with Crippen LogP contribution in [0.1, 0.15) is 11.1 Å². The number of halogens is 1. The first-order valence-corrected chi connectivity index (χ1v) is 5.72. The van der Waals surface area contributed by atoms with Gasteiger partial charge >= 0.3 is 0 Å². The van der Waals surface area contributed by atoms with E-state index in [9.17, 15) is 0 Å². The van der Waals surface area contributed by atoms with Gasteiger partial charge in [-0.1, -0.05) is 23.7 Å². The highest BCUT2D eigenvalue weighted by molar-refractivity contribution is 6.32. The second kappa shape index (κ2) is 4.99. The fourth-order valence-electron chi connectivity index (χ4n) is 1.58. The van der Waals surface area contributed by atoms with Gasteiger partial charge in [0.1, 0.15) is 5.75 Å². The molecule has 3 nitrogen and oxygen atoms in total. The minimum atomic E-state index is 0.386. The van der Waals surface area contributed by atoms with Crippen LogP contribution in [-0.4, -0.2) is 0 Å². The number of hydrogen-bond acceptors (Lipinski definition) is 3. The number of nitrogen functional groups attached to an aromatic ring is 1. The van der Waals surface area contributed by atoms with Crippen molar-refractivity contribution in [3.8, 4) is 17.6 Å². The van der Waals surface area contributed by atoms with Crippen molar-refractivity contribution in [3.05, 3.63) is 52.5 Å². The molecule has 0 aliphatic carbocycles. The van der Waals surface area contributed by atoms with Gasteiger partial charge in [-0.25, -0.2) is 0 Å². The lowest BCUT2D eigenvalue weighted by Crippen LogP contribution is -1.95. The lowest BCUT2D eigenvalue weighted by Gasteiger charge is -2.12. The molecule has 0 heterocycles. The number of anilines is 1. The van der Waals surface area contributed by atoms with E-state index in [1.807, 2.05) is 25.1 Å². The Hall–Kier alpha value is -2.18. The highest BCUT2D eigenvalue weighted by atomic mass is 35.5. The zero-order chi connectivity index (χ0) is 13.1. The SMILES string of the molecule is Cc1cccc(N)c1Oc1ccc(C#N)cc1Cl. The Kier molecular flexibility index (Phi) is 3.40. The van der Waals surface area contributed by atoms with Gasteiger partial charge in [-0.15, -0.1) is 0 Å². The third kappa shape index (κ3) is 2.39. The van der Waals surface area contributed by atoms with E-state index in [-0.39, 0.29) is 0 Å². The van der Waals surface area contributed by atoms with Crippen LogP contribution in [-0.2, 0) is 0 Å². The van der Waals surface area contributed by atoms with E-state index in [1.54, 1.807) is 24.3 Å². The van der Waals surface area contributed by atoms with Crippen molar-refractivity contribution >= 4 is 17.3 Å². The van der Waals surface area contributed by atoms with Gasteiger partial charge in [-0.05, 0) is 36.8 Å². The van der Waals surface area contributed by atoms with Gasteiger partial charge in [-0.3, -0.25) is 0 Å². The molecule has 0 spiro atoms. The molecule has 0 bridgehead atoms. The van der Waals surface area contributed by atoms with Gasteiger partial charge in [0.05, 0.1) is 22.3 Å². The molecule has 18 heavy (non-hydrogen) atoms. The molecule has 2 rings (SSSR count). The van der Waals surface area contributed by atoms with Crippen LogP contribution in [0, 0.1) is 18.3 Å². The van der Waals surface area contributed by atoms with E-state index >= 15 is 0 Å². The average molecular weight is 259 g/mol. The smallest absolute Gasteiger partial charge is 0.153 e. The molecule has 0 saturated carbocycles. The summed E-state index contributed by atoms with van der Waals surface area (Å²) in [4.78, 5) is 0. The molecule has 0 atom stereocenters. The Morgan fingerprint density at radius 1 is 1.28 bits per heavy atom. The second-order valence-corrected chi connectivity index (χ2v) is 4.26. The summed E-state index contributed by atoms with van der Waals surface area (Å²) in [7, 11) is 0. The van der Waals surface area contributed by atoms with Crippen LogP contribution >= 0.6 is 11.6 Å². The molecule has 0 aromatic heterocycles. The van der Waals surface area contributed by atoms with Crippen LogP contribution in [0.2, 0.25) is 5.02 Å². The van der Waals surface area contributed by atoms with Crippen LogP contribution in [0.4, 0.5) is 5.69 Å². The highest BCUT2D eigenvalue weighted by Gasteiger charge is 2.09. The Bertz CT molecular complexity index is 612. The first-order chi connectivity index (χ1) is 8.61. The van der Waals surface area contributed by atoms with Crippen LogP contribution in [0.3, 0.4) is 0 Å². The van der Waals surface area contributed by atoms with Gasteiger partial charge in [-0.2, -0.15) is 5.26 Å². The summed E-state index contributed by atoms with van der Waals surface area (Å²) in [5.41, 5.74) is 7.82. The zero-order valence-corrected chi connectivity index (χ0v) is 10.5. The number of ether oxygens (including phenoxy) is 1. The molecular formula is C14H11ClN2O. The topological polar surface area (TPSA) is 59.0 Å². The third-order valence-electron chi connectivity index (χ3n) is 2.52. The molecule has 0 unspecified atom stereocenters. The minimum absolute atomic E-state index is 0.386. The highest BCUT2D eigenvalue weighted by Crippen LogP contribution is 2.34. The van der Waals surface area contributed by atoms with E-state index in [2.05, 4.69) is 0 Å². The largest absolute Gasteiger partial charge is 0.453 e. The molecule has 0 fully saturated rings. The number of aryl methyl sites for hydroxylation is 1. The average Bonchev–Trinajstić information content (AvgIpc) is 2.35. The van der Waals surface area contributed by atoms with Crippen molar-refractivity contribution in [3.63, 3.8) is 0 Å². The van der Waals surface area contributed by atoms with Gasteiger partial charge in [0.25, 0.3) is 0 Å². The van der Waals surface area contributed by atoms with Crippen LogP contribution < -0.4 is 10.5 Å². The predicted octanol–water partition coefficient (Wildman–Crippen LogP) is 3.89. The minimum Gasteiger partial charge on any atom is -0.453 e. The van der Waals surface area contributed by atoms with Crippen molar-refractivity contribution in [1.82, 2.24) is 0 Å². The van der Waals surface area contributed by atoms with Gasteiger partial charge in [0.2, 0.25) is 0 Å². The van der Waals surface area contributed by atoms with E-state index in [0.29, 0.717) is 27.8 Å². The van der Waals surface area contributed by atoms with Gasteiger partial charge in [0, 0.05) is 0 Å². The fourth-order valence-corrected chi connectivity index (χ4v) is 1.80. The lowest BCUT2D eigenvalue weighted by atomic mass is 10.2. The fraction of sp³-hybridized carbons (Fsp3) is 0.0714. The normalized spacial score (nSPS) is 9.83. The van der Waals surface area contributed by atoms with Crippen LogP contribution in [0.5, 0.6) is 11.5 Å². The number of para-hydroxylation sites is 1. The van der Waals surface area contributed by atoms with E-state index in [0.717, 1.165) is 5.56 Å². The molecule has 0 aliphatic rings. The number of hydrogen-bond donors (Lipinski definition) is 1. The Balaban J connectivity index is 2.38. The van der Waals surface area contributed by atoms with Gasteiger partial charge < -0.3 is 10.5 Å². The first-order valence-electron chi connectivity index (χ1n) is 5.34. The standard InChI is InChI=1S/C14H11ClN2O/c1-9-3-2-4-12(17)14(9)18-13-6-5-10(8-16)7-11(13)15/h2-7H,17H2,1H3. The molecule has 2 N–H and O–H groups in total. The maximum atomic E-state index is 8.76. The lowest BCUT2D eigenvalue weighted by molar-refractivity contribution is 0.481. The third-order valence-corrected chi connectivity index (χ3v) is 2.81. The van der Waals surface area contributed by atoms with Crippen molar-refractivity contribution in [1.29, 1.82) is 5.26 Å². The number of rotatable bonds is 2. The van der Waals surface area contributed by atoms with Crippen molar-refractivity contribution in [2.24, 2.45) is 0 Å². The molecule has 2 aromatic rings. The summed E-state index contributed by atoms with van der Waals surface area (Å²) in [5.74, 6) is 1.07. The van der Waals surface area contributed by atoms with Crippen molar-refractivity contribution in [2.75, 3.05) is 5.73 Å². The molecule has 0 radical (unpaired) electrons. The van der Waals surface area contributed by atoms with Crippen molar-refractivity contribution in [2.45, 2.75) is 6.92 Å². The van der Waals surface area contributed by atoms with Crippen molar-refractivity contribution < 1.29 is 4.74 Å². The Morgan fingerprint density at radius 3 is 2.67 bits per heavy atom. The first kappa shape index (κ1) is 12.3. The van der Waals surface area contributed by atoms with Gasteiger partial charge in [0.15, 0.2) is 5.75 Å². The number of nitriles is 1. The molecular weight excluding hydrogens is 248 g/mol. The summed E-state index contributed by atoms with van der Waals surface area (Å²) in [5, 5.41) is 9.15. The quantitative estimate of drug-likeness (QED) is 0.831. The number of benzene rings is 2. The summed E-state index contributed by atoms with van der Waals surface area (Å²) in [6.07, 6.45) is 0. The molecule has 0 aliphatic heterocycles. The Labute approximate surface area is 110 Å². The summed E-state index contributed by atoms with van der Waals surface area (Å²) < 4.78 is 5.70. The van der Waals surface area contributed by atoms with Crippen LogP contribution in [0.25, 0.3) is 0 Å². The maximum absolute atomic E-state index is 8.76. The zero-order valence-electron chi connectivity index (χ0n) is 9.77. The molecule has 0 amide bonds. The molecule has 4 heteroatoms. The second-order valence-electron chi connectivity index (χ2n) is 3.85. The van der Waals surface area contributed by atoms with E-state index < -0.39 is 0 Å². The summed E-state index contributed by atoms with van der Waals surface area (Å²) in [6.45, 7) is 1.91. The maximum Gasteiger partial charge on any atom is 0.153 e. The molecule has 0 saturated heterocycles. The number of nitrogens with two attached hydrogens (primary N) is 1. The predicted molar refractivity (Wildman–Crippen MR) is 71.8 cm³/mol. The Morgan fingerprint density at radius 2 is 2.06 bits per heavy atom. The monoisotopic (exact) mass is 258 g/mol. The van der Waals surface area contributed by atoms with E-state index in [1.165, 1.54) is 0 Å². The van der Waals surface area contributed by atoms with Crippen LogP contribution in [0.15, 0.2) is 36.4 Å². The molecule has 2 aromatic carbocycles. The molecule has 90 valence electrons. The summed E-state index contributed by atoms with van der Waals surface area (Å²) in [6, 6.07) is 12.4.